The van der Waals surface area contributed by atoms with Gasteiger partial charge in [-0.3, -0.25) is 4.79 Å². The lowest BCUT2D eigenvalue weighted by molar-refractivity contribution is -0.126. The molecule has 1 atom stereocenters. The molecule has 0 saturated carbocycles. The van der Waals surface area contributed by atoms with Gasteiger partial charge in [0.05, 0.1) is 10.9 Å². The second-order valence-electron chi connectivity index (χ2n) is 3.60. The largest absolute Gasteiger partial charge is 0.325 e. The maximum Gasteiger partial charge on any atom is 0.255 e. The SMILES string of the molecule is C=C/C=C1/C(=O)N2CCSC2CS/C1=C/C. The van der Waals surface area contributed by atoms with Crippen molar-refractivity contribution in [1.29, 1.82) is 0 Å². The molecule has 2 aliphatic rings. The molecule has 2 heterocycles. The van der Waals surface area contributed by atoms with Gasteiger partial charge in [-0.1, -0.05) is 18.7 Å². The summed E-state index contributed by atoms with van der Waals surface area (Å²) in [5.41, 5.74) is 0.799. The van der Waals surface area contributed by atoms with Crippen molar-refractivity contribution in [1.82, 2.24) is 4.90 Å². The quantitative estimate of drug-likeness (QED) is 0.670. The van der Waals surface area contributed by atoms with Gasteiger partial charge in [-0.2, -0.15) is 0 Å². The lowest BCUT2D eigenvalue weighted by Crippen LogP contribution is -2.35. The number of carbonyl (C=O) groups is 1. The number of carbonyl (C=O) groups excluding carboxylic acids is 1. The van der Waals surface area contributed by atoms with E-state index in [1.807, 2.05) is 35.7 Å². The molecule has 2 nitrogen and oxygen atoms in total. The minimum Gasteiger partial charge on any atom is -0.325 e. The molecular formula is C12H15NOS2. The van der Waals surface area contributed by atoms with Crippen LogP contribution in [-0.2, 0) is 4.79 Å². The van der Waals surface area contributed by atoms with Crippen LogP contribution in [0.3, 0.4) is 0 Å². The molecule has 0 aromatic heterocycles. The van der Waals surface area contributed by atoms with Crippen molar-refractivity contribution in [3.05, 3.63) is 35.3 Å². The van der Waals surface area contributed by atoms with Crippen molar-refractivity contribution < 1.29 is 4.79 Å². The van der Waals surface area contributed by atoms with Crippen LogP contribution in [0.15, 0.2) is 35.3 Å². The molecule has 86 valence electrons. The molecule has 2 rings (SSSR count). The summed E-state index contributed by atoms with van der Waals surface area (Å²) in [6.07, 6.45) is 5.54. The summed E-state index contributed by atoms with van der Waals surface area (Å²) in [6, 6.07) is 0. The minimum absolute atomic E-state index is 0.160. The van der Waals surface area contributed by atoms with E-state index in [1.54, 1.807) is 17.8 Å². The van der Waals surface area contributed by atoms with E-state index in [9.17, 15) is 4.79 Å². The number of nitrogens with zero attached hydrogens (tertiary/aromatic N) is 1. The third kappa shape index (κ3) is 2.09. The molecule has 2 aliphatic heterocycles. The number of fused-ring (bicyclic) bond motifs is 1. The molecule has 4 heteroatoms. The Balaban J connectivity index is 2.36. The summed E-state index contributed by atoms with van der Waals surface area (Å²) in [4.78, 5) is 15.4. The van der Waals surface area contributed by atoms with E-state index in [0.29, 0.717) is 5.37 Å². The first-order chi connectivity index (χ1) is 7.77. The lowest BCUT2D eigenvalue weighted by Gasteiger charge is -2.20. The zero-order valence-electron chi connectivity index (χ0n) is 9.31. The topological polar surface area (TPSA) is 20.3 Å². The average Bonchev–Trinajstić information content (AvgIpc) is 2.71. The van der Waals surface area contributed by atoms with Crippen LogP contribution in [0.4, 0.5) is 0 Å². The normalized spacial score (nSPS) is 30.7. The van der Waals surface area contributed by atoms with E-state index in [0.717, 1.165) is 28.5 Å². The summed E-state index contributed by atoms with van der Waals surface area (Å²) in [5.74, 6) is 2.21. The number of rotatable bonds is 1. The van der Waals surface area contributed by atoms with Crippen molar-refractivity contribution in [2.75, 3.05) is 18.1 Å². The van der Waals surface area contributed by atoms with Gasteiger partial charge in [-0.25, -0.2) is 0 Å². The van der Waals surface area contributed by atoms with Gasteiger partial charge in [0, 0.05) is 23.0 Å². The molecule has 2 fully saturated rings. The number of amides is 1. The molecular weight excluding hydrogens is 238 g/mol. The third-order valence-electron chi connectivity index (χ3n) is 2.67. The second kappa shape index (κ2) is 5.15. The Morgan fingerprint density at radius 2 is 2.38 bits per heavy atom. The maximum absolute atomic E-state index is 12.3. The van der Waals surface area contributed by atoms with Gasteiger partial charge < -0.3 is 4.90 Å². The van der Waals surface area contributed by atoms with Crippen LogP contribution >= 0.6 is 23.5 Å². The van der Waals surface area contributed by atoms with E-state index in [-0.39, 0.29) is 5.91 Å². The molecule has 1 unspecified atom stereocenters. The summed E-state index contributed by atoms with van der Waals surface area (Å²) >= 11 is 3.65. The van der Waals surface area contributed by atoms with Gasteiger partial charge in [-0.05, 0) is 13.0 Å². The Morgan fingerprint density at radius 3 is 3.06 bits per heavy atom. The lowest BCUT2D eigenvalue weighted by atomic mass is 10.2. The Labute approximate surface area is 105 Å². The van der Waals surface area contributed by atoms with Crippen molar-refractivity contribution in [2.45, 2.75) is 12.3 Å². The van der Waals surface area contributed by atoms with Gasteiger partial charge in [0.1, 0.15) is 0 Å². The van der Waals surface area contributed by atoms with E-state index in [4.69, 9.17) is 0 Å². The first kappa shape index (κ1) is 11.9. The van der Waals surface area contributed by atoms with Crippen molar-refractivity contribution in [3.8, 4) is 0 Å². The predicted molar refractivity (Wildman–Crippen MR) is 72.5 cm³/mol. The molecule has 0 spiro atoms. The van der Waals surface area contributed by atoms with Gasteiger partial charge >= 0.3 is 0 Å². The van der Waals surface area contributed by atoms with Crippen molar-refractivity contribution in [3.63, 3.8) is 0 Å². The standard InChI is InChI=1S/C12H15NOS2/c1-3-5-9-10(4-2)16-8-11-13(12(9)14)6-7-15-11/h3-5,11H,1,6-8H2,2H3/b9-5+,10-4+. The highest BCUT2D eigenvalue weighted by molar-refractivity contribution is 8.05. The number of hydrogen-bond donors (Lipinski definition) is 0. The highest BCUT2D eigenvalue weighted by Crippen LogP contribution is 2.37. The van der Waals surface area contributed by atoms with E-state index >= 15 is 0 Å². The van der Waals surface area contributed by atoms with Crippen LogP contribution in [0.1, 0.15) is 6.92 Å². The molecule has 0 aromatic rings. The zero-order valence-corrected chi connectivity index (χ0v) is 10.9. The van der Waals surface area contributed by atoms with Crippen LogP contribution in [0.2, 0.25) is 0 Å². The Bertz CT molecular complexity index is 373. The third-order valence-corrected chi connectivity index (χ3v) is 5.36. The van der Waals surface area contributed by atoms with Crippen molar-refractivity contribution in [2.24, 2.45) is 0 Å². The van der Waals surface area contributed by atoms with Crippen LogP contribution in [0.25, 0.3) is 0 Å². The molecule has 0 radical (unpaired) electrons. The summed E-state index contributed by atoms with van der Waals surface area (Å²) in [7, 11) is 0. The van der Waals surface area contributed by atoms with Crippen LogP contribution in [0.5, 0.6) is 0 Å². The highest BCUT2D eigenvalue weighted by atomic mass is 32.2. The van der Waals surface area contributed by atoms with E-state index in [1.165, 1.54) is 0 Å². The monoisotopic (exact) mass is 253 g/mol. The second-order valence-corrected chi connectivity index (χ2v) is 5.95. The smallest absolute Gasteiger partial charge is 0.255 e. The van der Waals surface area contributed by atoms with Gasteiger partial charge in [0.2, 0.25) is 0 Å². The average molecular weight is 253 g/mol. The first-order valence-electron chi connectivity index (χ1n) is 5.32. The molecule has 2 saturated heterocycles. The van der Waals surface area contributed by atoms with E-state index < -0.39 is 0 Å². The Kier molecular flexibility index (Phi) is 3.82. The molecule has 0 N–H and O–H groups in total. The fraction of sp³-hybridized carbons (Fsp3) is 0.417. The number of allylic oxidation sites excluding steroid dienone is 3. The Morgan fingerprint density at radius 1 is 1.56 bits per heavy atom. The fourth-order valence-electron chi connectivity index (χ4n) is 1.90. The molecule has 16 heavy (non-hydrogen) atoms. The number of hydrogen-bond acceptors (Lipinski definition) is 3. The maximum atomic E-state index is 12.3. The van der Waals surface area contributed by atoms with Gasteiger partial charge in [0.25, 0.3) is 5.91 Å². The summed E-state index contributed by atoms with van der Waals surface area (Å²) in [6.45, 7) is 6.54. The van der Waals surface area contributed by atoms with Crippen LogP contribution < -0.4 is 0 Å². The van der Waals surface area contributed by atoms with Gasteiger partial charge in [0.15, 0.2) is 0 Å². The van der Waals surface area contributed by atoms with Gasteiger partial charge in [-0.15, -0.1) is 23.5 Å². The molecule has 0 aliphatic carbocycles. The first-order valence-corrected chi connectivity index (χ1v) is 7.36. The van der Waals surface area contributed by atoms with Crippen LogP contribution in [0, 0.1) is 0 Å². The fourth-order valence-corrected chi connectivity index (χ4v) is 4.42. The molecule has 0 aromatic carbocycles. The zero-order chi connectivity index (χ0) is 11.5. The summed E-state index contributed by atoms with van der Waals surface area (Å²) in [5, 5.41) is 0.350. The molecule has 0 bridgehead atoms. The van der Waals surface area contributed by atoms with Crippen molar-refractivity contribution >= 4 is 29.4 Å². The highest BCUT2D eigenvalue weighted by Gasteiger charge is 2.35. The van der Waals surface area contributed by atoms with Crippen LogP contribution in [-0.4, -0.2) is 34.2 Å². The predicted octanol–water partition coefficient (Wildman–Crippen LogP) is 2.65. The summed E-state index contributed by atoms with van der Waals surface area (Å²) < 4.78 is 0. The Hall–Kier alpha value is -0.610. The minimum atomic E-state index is 0.160. The van der Waals surface area contributed by atoms with E-state index in [2.05, 4.69) is 6.58 Å². The molecule has 1 amide bonds. The number of thioether (sulfide) groups is 2.